The average molecular weight is 309 g/mol. The number of halogens is 1. The summed E-state index contributed by atoms with van der Waals surface area (Å²) in [6.45, 7) is 4.08. The van der Waals surface area contributed by atoms with E-state index in [-0.39, 0.29) is 11.6 Å². The summed E-state index contributed by atoms with van der Waals surface area (Å²) in [6, 6.07) is 5.17. The second-order valence-corrected chi connectivity index (χ2v) is 5.48. The van der Waals surface area contributed by atoms with E-state index in [0.717, 1.165) is 11.1 Å². The quantitative estimate of drug-likeness (QED) is 0.937. The molecule has 0 bridgehead atoms. The van der Waals surface area contributed by atoms with Crippen molar-refractivity contribution in [1.82, 2.24) is 9.78 Å². The van der Waals surface area contributed by atoms with E-state index in [1.165, 1.54) is 10.7 Å². The van der Waals surface area contributed by atoms with Crippen molar-refractivity contribution in [2.45, 2.75) is 19.8 Å². The molecule has 2 aromatic rings. The zero-order chi connectivity index (χ0) is 15.7. The Morgan fingerprint density at radius 1 is 1.38 bits per heavy atom. The monoisotopic (exact) mass is 308 g/mol. The minimum atomic E-state index is -1.06. The molecule has 2 rings (SSSR count). The van der Waals surface area contributed by atoms with Gasteiger partial charge in [0.25, 0.3) is 0 Å². The highest BCUT2D eigenvalue weighted by Crippen LogP contribution is 2.37. The van der Waals surface area contributed by atoms with Crippen LogP contribution >= 0.6 is 11.6 Å². The maximum atomic E-state index is 11.0. The summed E-state index contributed by atoms with van der Waals surface area (Å²) in [5.41, 5.74) is 2.37. The van der Waals surface area contributed by atoms with E-state index in [2.05, 4.69) is 5.10 Å². The lowest BCUT2D eigenvalue weighted by molar-refractivity contribution is 0.0689. The molecular formula is C15H17ClN2O3. The number of aromatic carboxylic acids is 1. The van der Waals surface area contributed by atoms with Gasteiger partial charge in [0.2, 0.25) is 0 Å². The van der Waals surface area contributed by atoms with Crippen LogP contribution in [0.5, 0.6) is 5.75 Å². The molecule has 0 saturated carbocycles. The average Bonchev–Trinajstić information content (AvgIpc) is 2.79. The van der Waals surface area contributed by atoms with E-state index in [1.54, 1.807) is 14.2 Å². The van der Waals surface area contributed by atoms with Gasteiger partial charge in [0.05, 0.1) is 12.8 Å². The fourth-order valence-corrected chi connectivity index (χ4v) is 2.74. The summed E-state index contributed by atoms with van der Waals surface area (Å²) in [5, 5.41) is 13.6. The molecule has 0 fully saturated rings. The number of carboxylic acids is 1. The van der Waals surface area contributed by atoms with E-state index in [9.17, 15) is 4.79 Å². The minimum absolute atomic E-state index is 0.00414. The van der Waals surface area contributed by atoms with Gasteiger partial charge in [0, 0.05) is 23.2 Å². The molecule has 0 amide bonds. The molecule has 6 heteroatoms. The van der Waals surface area contributed by atoms with Crippen molar-refractivity contribution < 1.29 is 14.6 Å². The number of carboxylic acid groups (broad SMARTS) is 1. The molecule has 0 saturated heterocycles. The van der Waals surface area contributed by atoms with Crippen molar-refractivity contribution in [2.24, 2.45) is 7.05 Å². The van der Waals surface area contributed by atoms with Gasteiger partial charge in [-0.1, -0.05) is 25.4 Å². The molecule has 5 nitrogen and oxygen atoms in total. The number of aromatic nitrogens is 2. The van der Waals surface area contributed by atoms with Gasteiger partial charge in [-0.05, 0) is 24.1 Å². The van der Waals surface area contributed by atoms with Gasteiger partial charge in [0.1, 0.15) is 5.75 Å². The lowest BCUT2D eigenvalue weighted by Gasteiger charge is -2.15. The lowest BCUT2D eigenvalue weighted by atomic mass is 9.99. The highest BCUT2D eigenvalue weighted by molar-refractivity contribution is 6.32. The molecule has 1 N–H and O–H groups in total. The first-order valence-corrected chi connectivity index (χ1v) is 6.88. The molecule has 0 aliphatic heterocycles. The number of hydrogen-bond acceptors (Lipinski definition) is 3. The highest BCUT2D eigenvalue weighted by Gasteiger charge is 2.18. The molecule has 0 aliphatic carbocycles. The Balaban J connectivity index is 2.60. The minimum Gasteiger partial charge on any atom is -0.496 e. The van der Waals surface area contributed by atoms with Crippen molar-refractivity contribution in [2.75, 3.05) is 7.11 Å². The molecule has 0 aliphatic rings. The summed E-state index contributed by atoms with van der Waals surface area (Å²) in [4.78, 5) is 11.0. The predicted octanol–water partition coefficient (Wildman–Crippen LogP) is 3.57. The molecule has 0 spiro atoms. The number of methoxy groups -OCH3 is 1. The number of hydrogen-bond donors (Lipinski definition) is 1. The van der Waals surface area contributed by atoms with Crippen LogP contribution in [-0.2, 0) is 7.05 Å². The van der Waals surface area contributed by atoms with Crippen LogP contribution in [0.2, 0.25) is 5.02 Å². The Hall–Kier alpha value is -2.01. The van der Waals surface area contributed by atoms with Crippen LogP contribution in [0.1, 0.15) is 35.8 Å². The van der Waals surface area contributed by atoms with Crippen LogP contribution in [0.3, 0.4) is 0 Å². The van der Waals surface area contributed by atoms with Crippen LogP contribution in [0.4, 0.5) is 0 Å². The van der Waals surface area contributed by atoms with Gasteiger partial charge in [-0.25, -0.2) is 4.79 Å². The number of nitrogens with zero attached hydrogens (tertiary/aromatic N) is 2. The van der Waals surface area contributed by atoms with Crippen molar-refractivity contribution in [3.63, 3.8) is 0 Å². The predicted molar refractivity (Wildman–Crippen MR) is 81.3 cm³/mol. The first-order valence-electron chi connectivity index (χ1n) is 6.50. The van der Waals surface area contributed by atoms with Gasteiger partial charge in [0.15, 0.2) is 5.69 Å². The maximum absolute atomic E-state index is 11.0. The Morgan fingerprint density at radius 2 is 2.05 bits per heavy atom. The SMILES string of the molecule is COc1cc(-c2cc(C(=O)O)nn2C)cc(Cl)c1C(C)C. The van der Waals surface area contributed by atoms with Gasteiger partial charge >= 0.3 is 5.97 Å². The summed E-state index contributed by atoms with van der Waals surface area (Å²) >= 11 is 6.35. The second kappa shape index (κ2) is 5.77. The third kappa shape index (κ3) is 2.88. The van der Waals surface area contributed by atoms with Crippen molar-refractivity contribution in [1.29, 1.82) is 0 Å². The van der Waals surface area contributed by atoms with Crippen LogP contribution in [0.25, 0.3) is 11.3 Å². The number of aryl methyl sites for hydroxylation is 1. The molecule has 0 atom stereocenters. The Bertz CT molecular complexity index is 692. The fourth-order valence-electron chi connectivity index (χ4n) is 2.31. The molecule has 1 aromatic heterocycles. The van der Waals surface area contributed by atoms with Gasteiger partial charge in [-0.2, -0.15) is 5.10 Å². The number of rotatable bonds is 4. The molecule has 0 radical (unpaired) electrons. The summed E-state index contributed by atoms with van der Waals surface area (Å²) in [7, 11) is 3.28. The zero-order valence-electron chi connectivity index (χ0n) is 12.3. The van der Waals surface area contributed by atoms with Gasteiger partial charge < -0.3 is 9.84 Å². The molecule has 1 aromatic carbocycles. The Morgan fingerprint density at radius 3 is 2.52 bits per heavy atom. The van der Waals surface area contributed by atoms with Crippen LogP contribution < -0.4 is 4.74 Å². The van der Waals surface area contributed by atoms with Gasteiger partial charge in [-0.15, -0.1) is 0 Å². The van der Waals surface area contributed by atoms with Crippen molar-refractivity contribution >= 4 is 17.6 Å². The number of carbonyl (C=O) groups is 1. The Labute approximate surface area is 128 Å². The van der Waals surface area contributed by atoms with E-state index in [4.69, 9.17) is 21.4 Å². The molecule has 112 valence electrons. The maximum Gasteiger partial charge on any atom is 0.356 e. The first-order chi connectivity index (χ1) is 9.85. The lowest BCUT2D eigenvalue weighted by Crippen LogP contribution is -2.00. The molecule has 0 unspecified atom stereocenters. The van der Waals surface area contributed by atoms with Crippen molar-refractivity contribution in [3.8, 4) is 17.0 Å². The third-order valence-electron chi connectivity index (χ3n) is 3.28. The van der Waals surface area contributed by atoms with E-state index in [0.29, 0.717) is 16.5 Å². The van der Waals surface area contributed by atoms with Gasteiger partial charge in [-0.3, -0.25) is 4.68 Å². The summed E-state index contributed by atoms with van der Waals surface area (Å²) in [6.07, 6.45) is 0. The topological polar surface area (TPSA) is 64.3 Å². The van der Waals surface area contributed by atoms with E-state index >= 15 is 0 Å². The largest absolute Gasteiger partial charge is 0.496 e. The normalized spacial score (nSPS) is 11.0. The number of ether oxygens (including phenoxy) is 1. The first kappa shape index (κ1) is 15.4. The highest BCUT2D eigenvalue weighted by atomic mass is 35.5. The van der Waals surface area contributed by atoms with E-state index < -0.39 is 5.97 Å². The molecule has 1 heterocycles. The third-order valence-corrected chi connectivity index (χ3v) is 3.60. The Kier molecular flexibility index (Phi) is 4.23. The smallest absolute Gasteiger partial charge is 0.356 e. The fraction of sp³-hybridized carbons (Fsp3) is 0.333. The van der Waals surface area contributed by atoms with Crippen LogP contribution in [0, 0.1) is 0 Å². The van der Waals surface area contributed by atoms with Crippen molar-refractivity contribution in [3.05, 3.63) is 34.5 Å². The number of benzene rings is 1. The van der Waals surface area contributed by atoms with E-state index in [1.807, 2.05) is 26.0 Å². The summed E-state index contributed by atoms with van der Waals surface area (Å²) < 4.78 is 6.93. The van der Waals surface area contributed by atoms with Crippen LogP contribution in [0.15, 0.2) is 18.2 Å². The standard InChI is InChI=1S/C15H17ClN2O3/c1-8(2)14-10(16)5-9(6-13(14)21-4)12-7-11(15(19)20)17-18(12)3/h5-8H,1-4H3,(H,19,20). The molecular weight excluding hydrogens is 292 g/mol. The zero-order valence-corrected chi connectivity index (χ0v) is 13.1. The van der Waals surface area contributed by atoms with Crippen LogP contribution in [-0.4, -0.2) is 28.0 Å². The summed E-state index contributed by atoms with van der Waals surface area (Å²) in [5.74, 6) is -0.151. The second-order valence-electron chi connectivity index (χ2n) is 5.07. The molecule has 21 heavy (non-hydrogen) atoms.